The third kappa shape index (κ3) is 7.61. The van der Waals surface area contributed by atoms with E-state index in [-0.39, 0.29) is 17.3 Å². The molecule has 0 spiro atoms. The van der Waals surface area contributed by atoms with Gasteiger partial charge in [-0.3, -0.25) is 13.9 Å². The molecule has 0 heterocycles. The van der Waals surface area contributed by atoms with Crippen LogP contribution < -0.4 is 9.62 Å². The molecular formula is C31H37Cl2N3O4S. The number of nitrogens with zero attached hydrogens (tertiary/aromatic N) is 2. The standard InChI is InChI=1S/C31H37Cl2N3O4S/c1-6-18-34-31(38)28(7-2)35(19-25-26(32)11-9-12-27(25)33)30(37)20-36(29-13-8-10-22(4)23(29)5)41(39,40)24-16-14-21(3)15-17-24/h8-17,28H,6-7,18-20H2,1-5H3,(H,34,38). The number of amides is 2. The number of benzene rings is 3. The molecule has 1 unspecified atom stereocenters. The van der Waals surface area contributed by atoms with E-state index in [9.17, 15) is 18.0 Å². The lowest BCUT2D eigenvalue weighted by molar-refractivity contribution is -0.140. The average Bonchev–Trinajstić information content (AvgIpc) is 2.93. The smallest absolute Gasteiger partial charge is 0.264 e. The summed E-state index contributed by atoms with van der Waals surface area (Å²) in [6.07, 6.45) is 1.03. The number of rotatable bonds is 12. The quantitative estimate of drug-likeness (QED) is 0.253. The van der Waals surface area contributed by atoms with E-state index < -0.39 is 28.5 Å². The number of aryl methyl sites for hydroxylation is 2. The largest absolute Gasteiger partial charge is 0.354 e. The first kappa shape index (κ1) is 32.4. The molecule has 41 heavy (non-hydrogen) atoms. The summed E-state index contributed by atoms with van der Waals surface area (Å²) in [5.74, 6) is -0.887. The number of nitrogens with one attached hydrogen (secondary N) is 1. The third-order valence-electron chi connectivity index (χ3n) is 7.06. The molecule has 0 aliphatic rings. The lowest BCUT2D eigenvalue weighted by Gasteiger charge is -2.34. The molecule has 0 aliphatic heterocycles. The van der Waals surface area contributed by atoms with Crippen LogP contribution in [-0.4, -0.2) is 44.3 Å². The minimum absolute atomic E-state index is 0.0604. The maximum atomic E-state index is 14.2. The fourth-order valence-electron chi connectivity index (χ4n) is 4.50. The Kier molecular flexibility index (Phi) is 11.2. The second-order valence-electron chi connectivity index (χ2n) is 9.98. The summed E-state index contributed by atoms with van der Waals surface area (Å²) < 4.78 is 29.3. The second-order valence-corrected chi connectivity index (χ2v) is 12.7. The van der Waals surface area contributed by atoms with Crippen molar-refractivity contribution in [1.29, 1.82) is 0 Å². The van der Waals surface area contributed by atoms with E-state index >= 15 is 0 Å². The summed E-state index contributed by atoms with van der Waals surface area (Å²) in [4.78, 5) is 28.9. The molecule has 0 radical (unpaired) electrons. The maximum absolute atomic E-state index is 14.2. The zero-order chi connectivity index (χ0) is 30.3. The molecule has 1 N–H and O–H groups in total. The molecule has 3 rings (SSSR count). The summed E-state index contributed by atoms with van der Waals surface area (Å²) in [5.41, 5.74) is 3.38. The van der Waals surface area contributed by atoms with Crippen molar-refractivity contribution in [3.05, 3.63) is 93.0 Å². The van der Waals surface area contributed by atoms with Gasteiger partial charge < -0.3 is 10.2 Å². The molecule has 7 nitrogen and oxygen atoms in total. The molecule has 0 bridgehead atoms. The predicted molar refractivity (Wildman–Crippen MR) is 166 cm³/mol. The van der Waals surface area contributed by atoms with Gasteiger partial charge in [0.15, 0.2) is 0 Å². The van der Waals surface area contributed by atoms with Gasteiger partial charge in [0.25, 0.3) is 10.0 Å². The second kappa shape index (κ2) is 14.2. The Balaban J connectivity index is 2.13. The Labute approximate surface area is 253 Å². The third-order valence-corrected chi connectivity index (χ3v) is 9.54. The zero-order valence-electron chi connectivity index (χ0n) is 24.1. The Bertz CT molecular complexity index is 1470. The number of carbonyl (C=O) groups excluding carboxylic acids is 2. The number of hydrogen-bond donors (Lipinski definition) is 1. The van der Waals surface area contributed by atoms with Gasteiger partial charge in [0, 0.05) is 28.7 Å². The Morgan fingerprint density at radius 3 is 2.10 bits per heavy atom. The molecule has 0 aliphatic carbocycles. The molecular weight excluding hydrogens is 581 g/mol. The molecule has 10 heteroatoms. The lowest BCUT2D eigenvalue weighted by atomic mass is 10.1. The molecule has 0 saturated heterocycles. The summed E-state index contributed by atoms with van der Waals surface area (Å²) in [5, 5.41) is 3.56. The predicted octanol–water partition coefficient (Wildman–Crippen LogP) is 6.45. The molecule has 0 saturated carbocycles. The van der Waals surface area contributed by atoms with Crippen molar-refractivity contribution >= 4 is 50.7 Å². The summed E-state index contributed by atoms with van der Waals surface area (Å²) in [7, 11) is -4.16. The highest BCUT2D eigenvalue weighted by Gasteiger charge is 2.34. The number of hydrogen-bond acceptors (Lipinski definition) is 4. The van der Waals surface area contributed by atoms with Crippen LogP contribution in [0.15, 0.2) is 65.6 Å². The summed E-state index contributed by atoms with van der Waals surface area (Å²) >= 11 is 12.9. The van der Waals surface area contributed by atoms with Crippen molar-refractivity contribution in [2.75, 3.05) is 17.4 Å². The van der Waals surface area contributed by atoms with Gasteiger partial charge in [0.1, 0.15) is 12.6 Å². The van der Waals surface area contributed by atoms with E-state index in [4.69, 9.17) is 23.2 Å². The van der Waals surface area contributed by atoms with E-state index in [2.05, 4.69) is 5.32 Å². The summed E-state index contributed by atoms with van der Waals surface area (Å²) in [6.45, 7) is 9.16. The van der Waals surface area contributed by atoms with Crippen LogP contribution in [-0.2, 0) is 26.2 Å². The van der Waals surface area contributed by atoms with Crippen LogP contribution in [0.2, 0.25) is 10.0 Å². The number of halogens is 2. The van der Waals surface area contributed by atoms with Gasteiger partial charge in [-0.2, -0.15) is 0 Å². The number of anilines is 1. The molecule has 1 atom stereocenters. The molecule has 0 fully saturated rings. The maximum Gasteiger partial charge on any atom is 0.264 e. The lowest BCUT2D eigenvalue weighted by Crippen LogP contribution is -2.52. The highest BCUT2D eigenvalue weighted by atomic mass is 35.5. The Hall–Kier alpha value is -3.07. The van der Waals surface area contributed by atoms with Crippen LogP contribution in [0.5, 0.6) is 0 Å². The van der Waals surface area contributed by atoms with Crippen molar-refractivity contribution in [3.8, 4) is 0 Å². The van der Waals surface area contributed by atoms with Crippen LogP contribution in [0.4, 0.5) is 5.69 Å². The highest BCUT2D eigenvalue weighted by Crippen LogP contribution is 2.31. The number of carbonyl (C=O) groups is 2. The molecule has 0 aromatic heterocycles. The van der Waals surface area contributed by atoms with Crippen molar-refractivity contribution in [2.24, 2.45) is 0 Å². The first-order valence-corrected chi connectivity index (χ1v) is 15.8. The minimum atomic E-state index is -4.16. The Morgan fingerprint density at radius 1 is 0.902 bits per heavy atom. The van der Waals surface area contributed by atoms with E-state index in [1.807, 2.05) is 33.8 Å². The topological polar surface area (TPSA) is 86.8 Å². The van der Waals surface area contributed by atoms with E-state index in [1.54, 1.807) is 49.4 Å². The van der Waals surface area contributed by atoms with Gasteiger partial charge in [-0.25, -0.2) is 8.42 Å². The van der Waals surface area contributed by atoms with Gasteiger partial charge >= 0.3 is 0 Å². The molecule has 3 aromatic rings. The van der Waals surface area contributed by atoms with Crippen LogP contribution >= 0.6 is 23.2 Å². The zero-order valence-corrected chi connectivity index (χ0v) is 26.4. The molecule has 2 amide bonds. The SMILES string of the molecule is CCCNC(=O)C(CC)N(Cc1c(Cl)cccc1Cl)C(=O)CN(c1cccc(C)c1C)S(=O)(=O)c1ccc(C)cc1. The summed E-state index contributed by atoms with van der Waals surface area (Å²) in [6, 6.07) is 16.0. The molecule has 3 aromatic carbocycles. The first-order valence-electron chi connectivity index (χ1n) is 13.6. The van der Waals surface area contributed by atoms with E-state index in [1.165, 1.54) is 17.0 Å². The fourth-order valence-corrected chi connectivity index (χ4v) is 6.48. The van der Waals surface area contributed by atoms with Gasteiger partial charge in [0.05, 0.1) is 10.6 Å². The minimum Gasteiger partial charge on any atom is -0.354 e. The van der Waals surface area contributed by atoms with Crippen molar-refractivity contribution in [3.63, 3.8) is 0 Å². The van der Waals surface area contributed by atoms with Gasteiger partial charge in [-0.1, -0.05) is 72.9 Å². The van der Waals surface area contributed by atoms with E-state index in [0.29, 0.717) is 34.3 Å². The van der Waals surface area contributed by atoms with Crippen LogP contribution in [0.1, 0.15) is 48.9 Å². The van der Waals surface area contributed by atoms with Crippen molar-refractivity contribution < 1.29 is 18.0 Å². The van der Waals surface area contributed by atoms with Crippen LogP contribution in [0, 0.1) is 20.8 Å². The van der Waals surface area contributed by atoms with Crippen LogP contribution in [0.25, 0.3) is 0 Å². The normalized spacial score (nSPS) is 12.1. The van der Waals surface area contributed by atoms with Crippen LogP contribution in [0.3, 0.4) is 0 Å². The van der Waals surface area contributed by atoms with Crippen molar-refractivity contribution in [2.45, 2.75) is 64.9 Å². The average molecular weight is 619 g/mol. The fraction of sp³-hybridized carbons (Fsp3) is 0.355. The van der Waals surface area contributed by atoms with Crippen molar-refractivity contribution in [1.82, 2.24) is 10.2 Å². The van der Waals surface area contributed by atoms with Gasteiger partial charge in [-0.15, -0.1) is 0 Å². The van der Waals surface area contributed by atoms with E-state index in [0.717, 1.165) is 27.4 Å². The monoisotopic (exact) mass is 617 g/mol. The number of sulfonamides is 1. The van der Waals surface area contributed by atoms with Gasteiger partial charge in [0.2, 0.25) is 11.8 Å². The van der Waals surface area contributed by atoms with Gasteiger partial charge in [-0.05, 0) is 75.1 Å². The highest BCUT2D eigenvalue weighted by molar-refractivity contribution is 7.92. The molecule has 220 valence electrons. The first-order chi connectivity index (χ1) is 19.4. The Morgan fingerprint density at radius 2 is 1.51 bits per heavy atom.